The molecule has 0 aliphatic carbocycles. The second kappa shape index (κ2) is 9.82. The van der Waals surface area contributed by atoms with E-state index in [0.717, 1.165) is 31.6 Å². The van der Waals surface area contributed by atoms with Gasteiger partial charge in [0.1, 0.15) is 0 Å². The number of rotatable bonds is 10. The summed E-state index contributed by atoms with van der Waals surface area (Å²) in [5, 5.41) is 13.0. The van der Waals surface area contributed by atoms with Crippen molar-refractivity contribution >= 4 is 5.69 Å². The first-order valence-corrected chi connectivity index (χ1v) is 7.34. The third-order valence-electron chi connectivity index (χ3n) is 2.99. The lowest BCUT2D eigenvalue weighted by molar-refractivity contribution is 0.0422. The molecule has 0 bridgehead atoms. The Morgan fingerprint density at radius 1 is 1.16 bits per heavy atom. The molecule has 1 unspecified atom stereocenters. The third-order valence-corrected chi connectivity index (χ3v) is 2.99. The van der Waals surface area contributed by atoms with Crippen molar-refractivity contribution in [3.63, 3.8) is 0 Å². The normalized spacial score (nSPS) is 12.4. The molecule has 1 aromatic carbocycles. The van der Waals surface area contributed by atoms with Crippen LogP contribution in [-0.4, -0.2) is 31.0 Å². The van der Waals surface area contributed by atoms with Gasteiger partial charge in [-0.2, -0.15) is 0 Å². The minimum atomic E-state index is -0.452. The fraction of sp³-hybridized carbons (Fsp3) is 0.625. The maximum Gasteiger partial charge on any atom is 0.0945 e. The molecular weight excluding hydrogens is 238 g/mol. The van der Waals surface area contributed by atoms with Crippen molar-refractivity contribution < 1.29 is 9.84 Å². The zero-order chi connectivity index (χ0) is 13.9. The average Bonchev–Trinajstić information content (AvgIpc) is 2.43. The van der Waals surface area contributed by atoms with Gasteiger partial charge in [0.2, 0.25) is 0 Å². The Morgan fingerprint density at radius 3 is 2.53 bits per heavy atom. The first-order chi connectivity index (χ1) is 9.26. The average molecular weight is 265 g/mol. The quantitative estimate of drug-likeness (QED) is 0.638. The summed E-state index contributed by atoms with van der Waals surface area (Å²) in [5.41, 5.74) is 2.41. The molecular formula is C16H27NO2. The fourth-order valence-corrected chi connectivity index (χ4v) is 1.84. The summed E-state index contributed by atoms with van der Waals surface area (Å²) in [6.45, 7) is 5.98. The van der Waals surface area contributed by atoms with E-state index in [0.29, 0.717) is 13.2 Å². The molecule has 3 nitrogen and oxygen atoms in total. The SMILES string of the molecule is CCCCOCC(O)CNc1ccc(CCC)cc1. The van der Waals surface area contributed by atoms with E-state index >= 15 is 0 Å². The lowest BCUT2D eigenvalue weighted by Crippen LogP contribution is -2.25. The number of nitrogens with one attached hydrogen (secondary N) is 1. The van der Waals surface area contributed by atoms with Crippen LogP contribution in [0.1, 0.15) is 38.7 Å². The van der Waals surface area contributed by atoms with E-state index in [-0.39, 0.29) is 0 Å². The van der Waals surface area contributed by atoms with Crippen molar-refractivity contribution in [2.45, 2.75) is 45.6 Å². The number of unbranched alkanes of at least 4 members (excludes halogenated alkanes) is 1. The van der Waals surface area contributed by atoms with E-state index in [9.17, 15) is 5.11 Å². The van der Waals surface area contributed by atoms with Gasteiger partial charge in [0.05, 0.1) is 12.7 Å². The van der Waals surface area contributed by atoms with E-state index in [1.165, 1.54) is 12.0 Å². The predicted octanol–water partition coefficient (Wildman–Crippen LogP) is 3.23. The molecule has 0 aromatic heterocycles. The minimum Gasteiger partial charge on any atom is -0.389 e. The second-order valence-electron chi connectivity index (χ2n) is 4.91. The Hall–Kier alpha value is -1.06. The highest BCUT2D eigenvalue weighted by molar-refractivity contribution is 5.44. The molecule has 0 amide bonds. The van der Waals surface area contributed by atoms with E-state index in [2.05, 4.69) is 43.4 Å². The highest BCUT2D eigenvalue weighted by Crippen LogP contribution is 2.11. The van der Waals surface area contributed by atoms with Crippen molar-refractivity contribution in [3.8, 4) is 0 Å². The molecule has 0 aliphatic heterocycles. The van der Waals surface area contributed by atoms with Crippen LogP contribution < -0.4 is 5.32 Å². The van der Waals surface area contributed by atoms with Gasteiger partial charge in [-0.25, -0.2) is 0 Å². The smallest absolute Gasteiger partial charge is 0.0945 e. The molecule has 1 rings (SSSR count). The summed E-state index contributed by atoms with van der Waals surface area (Å²) in [6.07, 6.45) is 4.01. The molecule has 0 aliphatic rings. The fourth-order valence-electron chi connectivity index (χ4n) is 1.84. The predicted molar refractivity (Wildman–Crippen MR) is 80.7 cm³/mol. The monoisotopic (exact) mass is 265 g/mol. The van der Waals surface area contributed by atoms with Crippen molar-refractivity contribution in [2.75, 3.05) is 25.1 Å². The largest absolute Gasteiger partial charge is 0.389 e. The molecule has 0 fully saturated rings. The van der Waals surface area contributed by atoms with E-state index in [4.69, 9.17) is 4.74 Å². The maximum absolute atomic E-state index is 9.76. The van der Waals surface area contributed by atoms with Crippen LogP contribution in [0.4, 0.5) is 5.69 Å². The summed E-state index contributed by atoms with van der Waals surface area (Å²) in [7, 11) is 0. The summed E-state index contributed by atoms with van der Waals surface area (Å²) in [6, 6.07) is 8.40. The molecule has 0 spiro atoms. The van der Waals surface area contributed by atoms with Gasteiger partial charge in [-0.05, 0) is 30.5 Å². The van der Waals surface area contributed by atoms with E-state index in [1.807, 2.05) is 0 Å². The molecule has 108 valence electrons. The molecule has 2 N–H and O–H groups in total. The lowest BCUT2D eigenvalue weighted by Gasteiger charge is -2.13. The number of anilines is 1. The zero-order valence-corrected chi connectivity index (χ0v) is 12.2. The number of benzene rings is 1. The number of hydrogen-bond donors (Lipinski definition) is 2. The number of aryl methyl sites for hydroxylation is 1. The highest BCUT2D eigenvalue weighted by atomic mass is 16.5. The summed E-state index contributed by atoms with van der Waals surface area (Å²) < 4.78 is 5.39. The molecule has 3 heteroatoms. The van der Waals surface area contributed by atoms with E-state index in [1.54, 1.807) is 0 Å². The van der Waals surface area contributed by atoms with Gasteiger partial charge in [-0.1, -0.05) is 38.8 Å². The number of aliphatic hydroxyl groups excluding tert-OH is 1. The van der Waals surface area contributed by atoms with Crippen LogP contribution in [0.15, 0.2) is 24.3 Å². The number of aliphatic hydroxyl groups is 1. The standard InChI is InChI=1S/C16H27NO2/c1-3-5-11-19-13-16(18)12-17-15-9-7-14(6-4-2)8-10-15/h7-10,16-18H,3-6,11-13H2,1-2H3. The van der Waals surface area contributed by atoms with E-state index < -0.39 is 6.10 Å². The highest BCUT2D eigenvalue weighted by Gasteiger charge is 2.03. The van der Waals surface area contributed by atoms with Gasteiger partial charge in [0, 0.05) is 18.8 Å². The van der Waals surface area contributed by atoms with Crippen LogP contribution in [0, 0.1) is 0 Å². The van der Waals surface area contributed by atoms with Gasteiger partial charge in [0.25, 0.3) is 0 Å². The molecule has 0 heterocycles. The first kappa shape index (κ1) is 16.0. The van der Waals surface area contributed by atoms with Crippen LogP contribution in [-0.2, 0) is 11.2 Å². The topological polar surface area (TPSA) is 41.5 Å². The van der Waals surface area contributed by atoms with Crippen LogP contribution >= 0.6 is 0 Å². The van der Waals surface area contributed by atoms with Crippen LogP contribution in [0.2, 0.25) is 0 Å². The van der Waals surface area contributed by atoms with Gasteiger partial charge < -0.3 is 15.2 Å². The van der Waals surface area contributed by atoms with Gasteiger partial charge in [-0.15, -0.1) is 0 Å². The summed E-state index contributed by atoms with van der Waals surface area (Å²) >= 11 is 0. The molecule has 0 saturated carbocycles. The van der Waals surface area contributed by atoms with Gasteiger partial charge >= 0.3 is 0 Å². The maximum atomic E-state index is 9.76. The Kier molecular flexibility index (Phi) is 8.26. The Balaban J connectivity index is 2.20. The Morgan fingerprint density at radius 2 is 1.89 bits per heavy atom. The second-order valence-corrected chi connectivity index (χ2v) is 4.91. The van der Waals surface area contributed by atoms with Crippen molar-refractivity contribution in [1.82, 2.24) is 0 Å². The molecule has 0 saturated heterocycles. The van der Waals surface area contributed by atoms with Crippen LogP contribution in [0.3, 0.4) is 0 Å². The van der Waals surface area contributed by atoms with Crippen molar-refractivity contribution in [2.24, 2.45) is 0 Å². The lowest BCUT2D eigenvalue weighted by atomic mass is 10.1. The summed E-state index contributed by atoms with van der Waals surface area (Å²) in [4.78, 5) is 0. The third kappa shape index (κ3) is 7.19. The zero-order valence-electron chi connectivity index (χ0n) is 12.2. The van der Waals surface area contributed by atoms with Gasteiger partial charge in [0.15, 0.2) is 0 Å². The molecule has 19 heavy (non-hydrogen) atoms. The van der Waals surface area contributed by atoms with Gasteiger partial charge in [-0.3, -0.25) is 0 Å². The van der Waals surface area contributed by atoms with Crippen molar-refractivity contribution in [1.29, 1.82) is 0 Å². The molecule has 1 aromatic rings. The number of hydrogen-bond acceptors (Lipinski definition) is 3. The molecule has 1 atom stereocenters. The van der Waals surface area contributed by atoms with Crippen LogP contribution in [0.25, 0.3) is 0 Å². The summed E-state index contributed by atoms with van der Waals surface area (Å²) in [5.74, 6) is 0. The Bertz CT molecular complexity index is 324. The van der Waals surface area contributed by atoms with Crippen LogP contribution in [0.5, 0.6) is 0 Å². The first-order valence-electron chi connectivity index (χ1n) is 7.34. The Labute approximate surface area is 117 Å². The van der Waals surface area contributed by atoms with Crippen molar-refractivity contribution in [3.05, 3.63) is 29.8 Å². The minimum absolute atomic E-state index is 0.404. The number of ether oxygens (including phenoxy) is 1. The molecule has 0 radical (unpaired) electrons.